The van der Waals surface area contributed by atoms with E-state index in [0.717, 1.165) is 6.92 Å². The number of rotatable bonds is 59. The molecule has 15 amide bonds. The molecule has 0 radical (unpaired) electrons. The molecule has 0 fully saturated rings. The minimum Gasteiger partial charge on any atom is -0.480 e. The lowest BCUT2D eigenvalue weighted by atomic mass is 10.0. The van der Waals surface area contributed by atoms with Gasteiger partial charge in [0.15, 0.2) is 5.96 Å². The number of aliphatic hydroxyl groups excluding tert-OH is 1. The van der Waals surface area contributed by atoms with Gasteiger partial charge in [-0.15, -0.1) is 0 Å². The Labute approximate surface area is 666 Å². The van der Waals surface area contributed by atoms with E-state index in [1.165, 1.54) is 6.92 Å². The second-order valence-corrected chi connectivity index (χ2v) is 28.1. The summed E-state index contributed by atoms with van der Waals surface area (Å²) < 4.78 is 0. The number of aliphatic carboxylic acids is 1. The van der Waals surface area contributed by atoms with Crippen LogP contribution in [-0.4, -0.2) is 253 Å². The molecule has 0 saturated carbocycles. The number of unbranched alkanes of at least 4 members (excludes halogenated alkanes) is 4. The minimum absolute atomic E-state index is 0.00240. The highest BCUT2D eigenvalue weighted by molar-refractivity contribution is 6.01. The zero-order chi connectivity index (χ0) is 86.4. The fourth-order valence-corrected chi connectivity index (χ4v) is 11.7. The summed E-state index contributed by atoms with van der Waals surface area (Å²) in [5.41, 5.74) is 63.4. The molecule has 115 heavy (non-hydrogen) atoms. The normalized spacial score (nSPS) is 14.8. The summed E-state index contributed by atoms with van der Waals surface area (Å²) in [7, 11) is 0. The van der Waals surface area contributed by atoms with Crippen LogP contribution in [0.3, 0.4) is 0 Å². The Kier molecular flexibility index (Phi) is 47.2. The van der Waals surface area contributed by atoms with Gasteiger partial charge in [0.2, 0.25) is 88.6 Å². The van der Waals surface area contributed by atoms with Crippen molar-refractivity contribution in [2.24, 2.45) is 74.0 Å². The van der Waals surface area contributed by atoms with Crippen molar-refractivity contribution in [2.75, 3.05) is 52.4 Å². The maximum Gasteiger partial charge on any atom is 0.326 e. The molecule has 0 unspecified atom stereocenters. The van der Waals surface area contributed by atoms with Crippen molar-refractivity contribution in [3.63, 3.8) is 0 Å². The van der Waals surface area contributed by atoms with E-state index in [1.807, 2.05) is 0 Å². The van der Waals surface area contributed by atoms with Crippen molar-refractivity contribution in [1.82, 2.24) is 74.1 Å². The van der Waals surface area contributed by atoms with E-state index >= 15 is 0 Å². The van der Waals surface area contributed by atoms with Crippen LogP contribution in [0.2, 0.25) is 0 Å². The summed E-state index contributed by atoms with van der Waals surface area (Å²) in [6.45, 7) is 5.30. The molecular weight excluding hydrogens is 1500 g/mol. The largest absolute Gasteiger partial charge is 0.480 e. The van der Waals surface area contributed by atoms with Gasteiger partial charge in [-0.1, -0.05) is 32.0 Å². The SMILES string of the molecule is CC(C)[C@H](NC(=O)[C@@H](N)CCN)C(=O)N[C@@H](C)C(=O)N[C@@H](CCCN=C(N)N)C(=O)N[C@@H](CC(N)=O)C(=O)N[C@@H](CC(N)=O)C(=O)N[C@@H](CCN)C(=O)N[C@H](C(=O)N[C@@H](CCCCN)C(=O)NCC(=O)N[C@@H](CCCCN)C(=O)N[C@@H](Cc1c[nH]c2ccccc12)C(=O)N[C@@H](CCCCN)C(=O)N[C@@H](CCCCN)C(=O)O)[C@@H](C)O. The molecule has 1 heterocycles. The van der Waals surface area contributed by atoms with Gasteiger partial charge in [-0.3, -0.25) is 76.9 Å². The smallest absolute Gasteiger partial charge is 0.326 e. The number of amides is 15. The van der Waals surface area contributed by atoms with Crippen molar-refractivity contribution in [3.8, 4) is 0 Å². The molecule has 0 bridgehead atoms. The first kappa shape index (κ1) is 100. The van der Waals surface area contributed by atoms with Gasteiger partial charge in [0, 0.05) is 30.1 Å². The number of carbonyl (C=O) groups is 16. The maximum atomic E-state index is 14.6. The van der Waals surface area contributed by atoms with Crippen LogP contribution in [0, 0.1) is 5.92 Å². The Balaban J connectivity index is 2.43. The van der Waals surface area contributed by atoms with Gasteiger partial charge in [0.05, 0.1) is 31.5 Å². The predicted octanol–water partition coefficient (Wildman–Crippen LogP) is -9.87. The Morgan fingerprint density at radius 3 is 1.27 bits per heavy atom. The number of nitrogens with one attached hydrogen (secondary N) is 14. The fraction of sp³-hybridized carbons (Fsp3) is 0.648. The molecule has 0 aliphatic carbocycles. The summed E-state index contributed by atoms with van der Waals surface area (Å²) in [6.07, 6.45) is -0.0216. The van der Waals surface area contributed by atoms with Crippen LogP contribution < -0.4 is 132 Å². The van der Waals surface area contributed by atoms with Gasteiger partial charge in [0.25, 0.3) is 0 Å². The van der Waals surface area contributed by atoms with Crippen molar-refractivity contribution in [2.45, 2.75) is 234 Å². The van der Waals surface area contributed by atoms with E-state index in [-0.39, 0.29) is 109 Å². The lowest BCUT2D eigenvalue weighted by Gasteiger charge is -2.28. The molecule has 0 saturated heterocycles. The lowest BCUT2D eigenvalue weighted by molar-refractivity contribution is -0.142. The number of para-hydroxylation sites is 1. The number of nitrogens with two attached hydrogens (primary N) is 11. The average Bonchev–Trinajstić information content (AvgIpc) is 1.74. The fourth-order valence-electron chi connectivity index (χ4n) is 11.7. The summed E-state index contributed by atoms with van der Waals surface area (Å²) in [4.78, 5) is 226. The second kappa shape index (κ2) is 54.1. The number of primary amides is 2. The number of carboxylic acids is 1. The molecule has 44 nitrogen and oxygen atoms in total. The van der Waals surface area contributed by atoms with Crippen molar-refractivity contribution >= 4 is 111 Å². The van der Waals surface area contributed by atoms with E-state index in [2.05, 4.69) is 79.1 Å². The summed E-state index contributed by atoms with van der Waals surface area (Å²) >= 11 is 0. The number of hydrogen-bond acceptors (Lipinski definition) is 25. The highest BCUT2D eigenvalue weighted by Gasteiger charge is 2.38. The number of aromatic nitrogens is 1. The highest BCUT2D eigenvalue weighted by Crippen LogP contribution is 2.20. The van der Waals surface area contributed by atoms with Gasteiger partial charge in [-0.25, -0.2) is 4.79 Å². The average molecular weight is 1630 g/mol. The van der Waals surface area contributed by atoms with E-state index in [9.17, 15) is 86.9 Å². The number of fused-ring (bicyclic) bond motifs is 1. The van der Waals surface area contributed by atoms with Gasteiger partial charge in [-0.05, 0) is 173 Å². The van der Waals surface area contributed by atoms with Gasteiger partial charge in [0.1, 0.15) is 72.5 Å². The molecule has 0 spiro atoms. The number of guanidine groups is 1. The zero-order valence-corrected chi connectivity index (χ0v) is 65.9. The number of hydrogen-bond donors (Lipinski definition) is 27. The van der Waals surface area contributed by atoms with Gasteiger partial charge >= 0.3 is 5.97 Å². The number of carboxylic acid groups (broad SMARTS) is 1. The van der Waals surface area contributed by atoms with E-state index < -0.39 is 211 Å². The predicted molar refractivity (Wildman–Crippen MR) is 422 cm³/mol. The van der Waals surface area contributed by atoms with Crippen LogP contribution in [0.5, 0.6) is 0 Å². The number of nitrogens with zero attached hydrogens (tertiary/aromatic N) is 1. The molecule has 2 rings (SSSR count). The van der Waals surface area contributed by atoms with Crippen molar-refractivity contribution < 1.29 is 86.9 Å². The van der Waals surface area contributed by atoms with Gasteiger partial charge in [-0.2, -0.15) is 0 Å². The van der Waals surface area contributed by atoms with Crippen LogP contribution >= 0.6 is 0 Å². The Hall–Kier alpha value is -10.8. The minimum atomic E-state index is -2.00. The number of aromatic amines is 1. The molecule has 1 aromatic heterocycles. The third kappa shape index (κ3) is 37.8. The standard InChI is InChI=1S/C71H124N26O18/c1-37(2)56(96-59(103)42(78)23-29-76)68(112)86-38(3)58(102)88-47(22-15-31-83-71(81)82)63(107)94-52(34-54(80)100)67(111)95-51(33-53(79)99)66(110)90-48(24-30-77)64(108)97-57(39(4)98)69(113)91-44(18-7-11-25-72)60(104)85-36-55(101)87-45(19-8-12-26-73)61(105)93-50(32-40-35-84-43-17-6-5-16-41(40)43)65(109)89-46(20-9-13-27-74)62(106)92-49(70(114)115)21-10-14-28-75/h5-6,16-17,35,37-39,42,44-52,56-57,84,98H,7-15,18-34,36,72-78H2,1-4H3,(H2,79,99)(H2,80,100)(H,85,104)(H,86,112)(H,87,101)(H,88,102)(H,89,109)(H,90,110)(H,91,113)(H,92,106)(H,93,105)(H,94,107)(H,95,111)(H,96,103)(H,97,108)(H,114,115)(H4,81,82,83)/t38-,39+,42-,44-,45-,46-,47-,48-,49-,50-,51-,52-,56-,57-/m0/s1. The molecule has 646 valence electrons. The van der Waals surface area contributed by atoms with E-state index in [0.29, 0.717) is 61.5 Å². The van der Waals surface area contributed by atoms with Crippen LogP contribution in [0.4, 0.5) is 0 Å². The highest BCUT2D eigenvalue weighted by atomic mass is 16.4. The molecule has 44 heteroatoms. The molecule has 38 N–H and O–H groups in total. The summed E-state index contributed by atoms with van der Waals surface area (Å²) in [6, 6.07) is -12.6. The van der Waals surface area contributed by atoms with Crippen molar-refractivity contribution in [3.05, 3.63) is 36.0 Å². The molecule has 0 aliphatic heterocycles. The maximum absolute atomic E-state index is 14.6. The number of aliphatic imine (C=N–C) groups is 1. The van der Waals surface area contributed by atoms with Crippen LogP contribution in [0.1, 0.15) is 149 Å². The number of benzene rings is 1. The molecule has 0 aliphatic rings. The monoisotopic (exact) mass is 1630 g/mol. The molecule has 1 aromatic carbocycles. The van der Waals surface area contributed by atoms with Crippen molar-refractivity contribution in [1.29, 1.82) is 0 Å². The first-order chi connectivity index (χ1) is 54.5. The third-order valence-electron chi connectivity index (χ3n) is 18.1. The van der Waals surface area contributed by atoms with Gasteiger partial charge < -0.3 is 147 Å². The Morgan fingerprint density at radius 1 is 0.409 bits per heavy atom. The second-order valence-electron chi connectivity index (χ2n) is 28.1. The van der Waals surface area contributed by atoms with Crippen LogP contribution in [-0.2, 0) is 83.1 Å². The molecule has 2 aromatic rings. The third-order valence-corrected chi connectivity index (χ3v) is 18.1. The number of carbonyl (C=O) groups excluding carboxylic acids is 15. The first-order valence-corrected chi connectivity index (χ1v) is 38.4. The summed E-state index contributed by atoms with van der Waals surface area (Å²) in [5.74, 6) is -17.5. The van der Waals surface area contributed by atoms with Crippen LogP contribution in [0.25, 0.3) is 10.9 Å². The molecule has 14 atom stereocenters. The zero-order valence-electron chi connectivity index (χ0n) is 65.9. The Morgan fingerprint density at radius 2 is 0.800 bits per heavy atom. The number of H-pyrrole nitrogens is 1. The number of aliphatic hydroxyl groups is 1. The van der Waals surface area contributed by atoms with Crippen LogP contribution in [0.15, 0.2) is 35.5 Å². The first-order valence-electron chi connectivity index (χ1n) is 38.4. The Bertz CT molecular complexity index is 3560. The summed E-state index contributed by atoms with van der Waals surface area (Å²) in [5, 5.41) is 53.6. The molecular formula is C71H124N26O18. The topological polar surface area (TPSA) is 784 Å². The van der Waals surface area contributed by atoms with E-state index in [4.69, 9.17) is 63.1 Å². The lowest BCUT2D eigenvalue weighted by Crippen LogP contribution is -2.62. The quantitative estimate of drug-likeness (QED) is 0.0166. The van der Waals surface area contributed by atoms with E-state index in [1.54, 1.807) is 44.3 Å².